The van der Waals surface area contributed by atoms with E-state index < -0.39 is 0 Å². The maximum atomic E-state index is 12.8. The van der Waals surface area contributed by atoms with E-state index in [9.17, 15) is 4.79 Å². The Morgan fingerprint density at radius 3 is 2.83 bits per heavy atom. The molecule has 0 fully saturated rings. The van der Waals surface area contributed by atoms with Crippen molar-refractivity contribution in [2.24, 2.45) is 0 Å². The summed E-state index contributed by atoms with van der Waals surface area (Å²) in [6.07, 6.45) is 4.82. The van der Waals surface area contributed by atoms with Crippen LogP contribution in [0, 0.1) is 13.8 Å². The van der Waals surface area contributed by atoms with Crippen LogP contribution < -0.4 is 5.32 Å². The number of carbonyl (C=O) groups excluding carboxylic acids is 1. The molecule has 5 rings (SSSR count). The Morgan fingerprint density at radius 1 is 1.14 bits per heavy atom. The molecule has 0 bridgehead atoms. The van der Waals surface area contributed by atoms with Gasteiger partial charge in [-0.2, -0.15) is 5.10 Å². The summed E-state index contributed by atoms with van der Waals surface area (Å²) in [4.78, 5) is 18.1. The van der Waals surface area contributed by atoms with Crippen molar-refractivity contribution < 1.29 is 4.79 Å². The standard InChI is InChI=1S/C23H23N5O/c1-14-11-17(12-21-19(14)13-24-27-21)26-23(29)28-9-7-16(8-10-28)22-15(2)25-20-6-4-3-5-18(20)22/h3-7,11-13,25H,8-10H2,1-2H3,(H,24,27)(H,26,29). The summed E-state index contributed by atoms with van der Waals surface area (Å²) < 4.78 is 0. The fourth-order valence-electron chi connectivity index (χ4n) is 4.27. The predicted octanol–water partition coefficient (Wildman–Crippen LogP) is 4.98. The summed E-state index contributed by atoms with van der Waals surface area (Å²) >= 11 is 0. The van der Waals surface area contributed by atoms with Gasteiger partial charge in [-0.3, -0.25) is 5.10 Å². The zero-order valence-corrected chi connectivity index (χ0v) is 16.5. The molecule has 146 valence electrons. The molecule has 3 heterocycles. The average Bonchev–Trinajstić information content (AvgIpc) is 3.32. The van der Waals surface area contributed by atoms with Crippen LogP contribution in [0.1, 0.15) is 23.2 Å². The minimum atomic E-state index is -0.0748. The molecule has 6 heteroatoms. The molecule has 0 radical (unpaired) electrons. The third-order valence-electron chi connectivity index (χ3n) is 5.73. The van der Waals surface area contributed by atoms with Gasteiger partial charge in [-0.1, -0.05) is 24.3 Å². The topological polar surface area (TPSA) is 76.8 Å². The fraction of sp³-hybridized carbons (Fsp3) is 0.217. The number of H-pyrrole nitrogens is 2. The molecule has 2 aromatic heterocycles. The van der Waals surface area contributed by atoms with E-state index in [2.05, 4.69) is 51.7 Å². The van der Waals surface area contributed by atoms with Gasteiger partial charge in [0.25, 0.3) is 0 Å². The van der Waals surface area contributed by atoms with E-state index >= 15 is 0 Å². The third-order valence-corrected chi connectivity index (χ3v) is 5.73. The number of aryl methyl sites for hydroxylation is 2. The number of anilines is 1. The summed E-state index contributed by atoms with van der Waals surface area (Å²) in [5.41, 5.74) is 7.72. The Hall–Kier alpha value is -3.54. The highest BCUT2D eigenvalue weighted by molar-refractivity contribution is 5.96. The Kier molecular flexibility index (Phi) is 4.12. The lowest BCUT2D eigenvalue weighted by atomic mass is 9.97. The van der Waals surface area contributed by atoms with Gasteiger partial charge in [-0.05, 0) is 49.6 Å². The van der Waals surface area contributed by atoms with Gasteiger partial charge >= 0.3 is 6.03 Å². The van der Waals surface area contributed by atoms with Crippen molar-refractivity contribution in [3.05, 3.63) is 65.5 Å². The number of para-hydroxylation sites is 1. The summed E-state index contributed by atoms with van der Waals surface area (Å²) in [5.74, 6) is 0. The average molecular weight is 385 g/mol. The van der Waals surface area contributed by atoms with Crippen molar-refractivity contribution >= 4 is 39.1 Å². The molecule has 0 aliphatic carbocycles. The summed E-state index contributed by atoms with van der Waals surface area (Å²) in [6.45, 7) is 5.43. The van der Waals surface area contributed by atoms with Crippen molar-refractivity contribution in [1.29, 1.82) is 0 Å². The van der Waals surface area contributed by atoms with Crippen LogP contribution in [-0.2, 0) is 0 Å². The van der Waals surface area contributed by atoms with E-state index in [0.717, 1.165) is 34.1 Å². The first-order valence-electron chi connectivity index (χ1n) is 9.86. The van der Waals surface area contributed by atoms with Gasteiger partial charge in [0.15, 0.2) is 0 Å². The Bertz CT molecular complexity index is 1260. The number of hydrogen-bond donors (Lipinski definition) is 3. The van der Waals surface area contributed by atoms with E-state index in [1.807, 2.05) is 30.0 Å². The van der Waals surface area contributed by atoms with Gasteiger partial charge < -0.3 is 15.2 Å². The number of hydrogen-bond acceptors (Lipinski definition) is 2. The molecule has 1 aliphatic rings. The minimum Gasteiger partial charge on any atom is -0.358 e. The van der Waals surface area contributed by atoms with Crippen molar-refractivity contribution in [1.82, 2.24) is 20.1 Å². The Labute approximate surface area is 168 Å². The molecular formula is C23H23N5O. The van der Waals surface area contributed by atoms with E-state index in [1.165, 1.54) is 22.2 Å². The van der Waals surface area contributed by atoms with Crippen LogP contribution in [-0.4, -0.2) is 39.2 Å². The van der Waals surface area contributed by atoms with Crippen LogP contribution in [0.25, 0.3) is 27.4 Å². The van der Waals surface area contributed by atoms with Crippen LogP contribution in [0.4, 0.5) is 10.5 Å². The number of benzene rings is 2. The molecule has 1 aliphatic heterocycles. The number of fused-ring (bicyclic) bond motifs is 2. The third kappa shape index (κ3) is 3.06. The lowest BCUT2D eigenvalue weighted by Gasteiger charge is -2.27. The number of nitrogens with one attached hydrogen (secondary N) is 3. The van der Waals surface area contributed by atoms with Crippen LogP contribution >= 0.6 is 0 Å². The molecule has 0 atom stereocenters. The molecule has 6 nitrogen and oxygen atoms in total. The van der Waals surface area contributed by atoms with Crippen molar-refractivity contribution in [2.45, 2.75) is 20.3 Å². The minimum absolute atomic E-state index is 0.0748. The summed E-state index contributed by atoms with van der Waals surface area (Å²) in [5, 5.41) is 12.4. The normalized spacial score (nSPS) is 14.4. The lowest BCUT2D eigenvalue weighted by molar-refractivity contribution is 0.217. The first kappa shape index (κ1) is 17.6. The second-order valence-corrected chi connectivity index (χ2v) is 7.65. The summed E-state index contributed by atoms with van der Waals surface area (Å²) in [6, 6.07) is 12.2. The van der Waals surface area contributed by atoms with E-state index in [0.29, 0.717) is 13.1 Å². The number of rotatable bonds is 2. The van der Waals surface area contributed by atoms with Gasteiger partial charge in [-0.25, -0.2) is 4.79 Å². The van der Waals surface area contributed by atoms with Crippen molar-refractivity contribution in [2.75, 3.05) is 18.4 Å². The van der Waals surface area contributed by atoms with Gasteiger partial charge in [-0.15, -0.1) is 0 Å². The predicted molar refractivity (Wildman–Crippen MR) is 117 cm³/mol. The van der Waals surface area contributed by atoms with E-state index in [4.69, 9.17) is 0 Å². The SMILES string of the molecule is Cc1[nH]c2ccccc2c1C1=CCN(C(=O)Nc2cc(C)c3cn[nH]c3c2)CC1. The second kappa shape index (κ2) is 6.81. The molecule has 2 amide bonds. The summed E-state index contributed by atoms with van der Waals surface area (Å²) in [7, 11) is 0. The van der Waals surface area contributed by atoms with Gasteiger partial charge in [0.05, 0.1) is 11.7 Å². The molecule has 3 N–H and O–H groups in total. The van der Waals surface area contributed by atoms with E-state index in [1.54, 1.807) is 6.20 Å². The van der Waals surface area contributed by atoms with Crippen LogP contribution in [0.2, 0.25) is 0 Å². The number of carbonyl (C=O) groups is 1. The Morgan fingerprint density at radius 2 is 2.00 bits per heavy atom. The molecule has 2 aromatic carbocycles. The lowest BCUT2D eigenvalue weighted by Crippen LogP contribution is -2.37. The molecule has 0 saturated heterocycles. The first-order chi connectivity index (χ1) is 14.1. The number of amides is 2. The van der Waals surface area contributed by atoms with Crippen molar-refractivity contribution in [3.8, 4) is 0 Å². The van der Waals surface area contributed by atoms with Crippen molar-refractivity contribution in [3.63, 3.8) is 0 Å². The maximum absolute atomic E-state index is 12.8. The van der Waals surface area contributed by atoms with Gasteiger partial charge in [0, 0.05) is 46.3 Å². The Balaban J connectivity index is 1.34. The first-order valence-corrected chi connectivity index (χ1v) is 9.86. The number of urea groups is 1. The molecule has 0 spiro atoms. The molecular weight excluding hydrogens is 362 g/mol. The molecule has 0 saturated carbocycles. The number of aromatic amines is 2. The highest BCUT2D eigenvalue weighted by Gasteiger charge is 2.21. The largest absolute Gasteiger partial charge is 0.358 e. The smallest absolute Gasteiger partial charge is 0.322 e. The maximum Gasteiger partial charge on any atom is 0.322 e. The van der Waals surface area contributed by atoms with E-state index in [-0.39, 0.29) is 6.03 Å². The highest BCUT2D eigenvalue weighted by Crippen LogP contribution is 2.32. The van der Waals surface area contributed by atoms with Gasteiger partial charge in [0.2, 0.25) is 0 Å². The number of nitrogens with zero attached hydrogens (tertiary/aromatic N) is 2. The second-order valence-electron chi connectivity index (χ2n) is 7.65. The van der Waals surface area contributed by atoms with Crippen LogP contribution in [0.15, 0.2) is 48.7 Å². The fourth-order valence-corrected chi connectivity index (χ4v) is 4.27. The zero-order chi connectivity index (χ0) is 20.0. The van der Waals surface area contributed by atoms with Gasteiger partial charge in [0.1, 0.15) is 0 Å². The molecule has 0 unspecified atom stereocenters. The molecule has 29 heavy (non-hydrogen) atoms. The zero-order valence-electron chi connectivity index (χ0n) is 16.5. The van der Waals surface area contributed by atoms with Crippen LogP contribution in [0.5, 0.6) is 0 Å². The highest BCUT2D eigenvalue weighted by atomic mass is 16.2. The number of aromatic nitrogens is 3. The van der Waals surface area contributed by atoms with Crippen LogP contribution in [0.3, 0.4) is 0 Å². The quantitative estimate of drug-likeness (QED) is 0.455. The molecule has 4 aromatic rings. The monoisotopic (exact) mass is 385 g/mol.